The fourth-order valence-corrected chi connectivity index (χ4v) is 4.01. The number of rotatable bonds is 4. The highest BCUT2D eigenvalue weighted by atomic mass is 19.4. The molecule has 0 amide bonds. The molecular weight excluding hydrogens is 414 g/mol. The Hall–Kier alpha value is -3.29. The molecule has 0 atom stereocenters. The molecule has 0 bridgehead atoms. The molecule has 162 valence electrons. The lowest BCUT2D eigenvalue weighted by Gasteiger charge is -2.19. The van der Waals surface area contributed by atoms with E-state index in [9.17, 15) is 22.4 Å². The molecule has 0 spiro atoms. The van der Waals surface area contributed by atoms with E-state index in [0.717, 1.165) is 12.1 Å². The van der Waals surface area contributed by atoms with Gasteiger partial charge < -0.3 is 14.0 Å². The van der Waals surface area contributed by atoms with Crippen LogP contribution in [0.3, 0.4) is 0 Å². The van der Waals surface area contributed by atoms with Crippen LogP contribution < -0.4 is 14.9 Å². The van der Waals surface area contributed by atoms with Crippen LogP contribution in [-0.2, 0) is 19.0 Å². The Labute approximate surface area is 175 Å². The van der Waals surface area contributed by atoms with Crippen molar-refractivity contribution in [2.45, 2.75) is 25.4 Å². The summed E-state index contributed by atoms with van der Waals surface area (Å²) in [6, 6.07) is 7.23. The molecule has 31 heavy (non-hydrogen) atoms. The van der Waals surface area contributed by atoms with Crippen LogP contribution in [0, 0.1) is 5.82 Å². The van der Waals surface area contributed by atoms with Gasteiger partial charge in [-0.05, 0) is 37.5 Å². The quantitative estimate of drug-likeness (QED) is 0.533. The fraction of sp³-hybridized carbons (Fsp3) is 0.261. The van der Waals surface area contributed by atoms with Crippen LogP contribution in [0.5, 0.6) is 11.5 Å². The number of methoxy groups -OCH3 is 2. The second-order valence-corrected chi connectivity index (χ2v) is 7.28. The zero-order chi connectivity index (χ0) is 22.3. The van der Waals surface area contributed by atoms with E-state index < -0.39 is 28.5 Å². The number of alkyl halides is 3. The van der Waals surface area contributed by atoms with Crippen molar-refractivity contribution in [1.82, 2.24) is 4.57 Å². The Balaban J connectivity index is 2.03. The Morgan fingerprint density at radius 2 is 1.61 bits per heavy atom. The number of halogens is 4. The fourth-order valence-electron chi connectivity index (χ4n) is 4.01. The summed E-state index contributed by atoms with van der Waals surface area (Å²) in [7, 11) is 2.98. The molecule has 0 N–H and O–H groups in total. The number of hydrogen-bond donors (Lipinski definition) is 0. The standard InChI is InChI=1S/C23H19F4NO3/c1-30-15-9-14(10-16(11-15)31-2)28-12-19(22(29)17-4-3-5-21(17)28)18-8-13(24)6-7-20(18)23(25,26)27/h6-12H,3-5H2,1-2H3. The highest BCUT2D eigenvalue weighted by molar-refractivity contribution is 5.69. The van der Waals surface area contributed by atoms with E-state index in [2.05, 4.69) is 0 Å². The number of nitrogens with zero attached hydrogens (tertiary/aromatic N) is 1. The van der Waals surface area contributed by atoms with Crippen LogP contribution in [0.25, 0.3) is 16.8 Å². The summed E-state index contributed by atoms with van der Waals surface area (Å²) in [6.07, 6.45) is -1.65. The number of aromatic nitrogens is 1. The summed E-state index contributed by atoms with van der Waals surface area (Å²) >= 11 is 0. The van der Waals surface area contributed by atoms with Gasteiger partial charge >= 0.3 is 6.18 Å². The average molecular weight is 433 g/mol. The lowest BCUT2D eigenvalue weighted by molar-refractivity contribution is -0.137. The summed E-state index contributed by atoms with van der Waals surface area (Å²) in [5.74, 6) is 0.128. The number of benzene rings is 2. The van der Waals surface area contributed by atoms with E-state index in [1.54, 1.807) is 22.8 Å². The number of ether oxygens (including phenoxy) is 2. The van der Waals surface area contributed by atoms with Crippen molar-refractivity contribution in [3.05, 3.63) is 75.5 Å². The van der Waals surface area contributed by atoms with Gasteiger partial charge in [0.1, 0.15) is 17.3 Å². The van der Waals surface area contributed by atoms with Gasteiger partial charge in [0.15, 0.2) is 5.43 Å². The molecule has 4 rings (SSSR count). The SMILES string of the molecule is COc1cc(OC)cc(-n2cc(-c3cc(F)ccc3C(F)(F)F)c(=O)c3c2CCC3)c1. The predicted octanol–water partition coefficient (Wildman–Crippen LogP) is 5.17. The van der Waals surface area contributed by atoms with Gasteiger partial charge in [-0.25, -0.2) is 4.39 Å². The van der Waals surface area contributed by atoms with Gasteiger partial charge in [0.2, 0.25) is 0 Å². The molecule has 8 heteroatoms. The van der Waals surface area contributed by atoms with Gasteiger partial charge in [-0.1, -0.05) is 0 Å². The maximum atomic E-state index is 13.9. The molecule has 2 aromatic carbocycles. The van der Waals surface area contributed by atoms with E-state index in [4.69, 9.17) is 9.47 Å². The van der Waals surface area contributed by atoms with Crippen molar-refractivity contribution in [1.29, 1.82) is 0 Å². The Morgan fingerprint density at radius 3 is 2.23 bits per heavy atom. The zero-order valence-corrected chi connectivity index (χ0v) is 16.8. The van der Waals surface area contributed by atoms with Crippen molar-refractivity contribution in [2.75, 3.05) is 14.2 Å². The van der Waals surface area contributed by atoms with Crippen molar-refractivity contribution in [3.63, 3.8) is 0 Å². The first kappa shape index (κ1) is 21.0. The summed E-state index contributed by atoms with van der Waals surface area (Å²) in [6.45, 7) is 0. The van der Waals surface area contributed by atoms with Gasteiger partial charge in [-0.2, -0.15) is 13.2 Å². The average Bonchev–Trinajstić information content (AvgIpc) is 3.23. The smallest absolute Gasteiger partial charge is 0.417 e. The highest BCUT2D eigenvalue weighted by Gasteiger charge is 2.35. The minimum Gasteiger partial charge on any atom is -0.497 e. The molecule has 0 aliphatic heterocycles. The zero-order valence-electron chi connectivity index (χ0n) is 16.8. The second-order valence-electron chi connectivity index (χ2n) is 7.28. The van der Waals surface area contributed by atoms with Crippen molar-refractivity contribution >= 4 is 0 Å². The van der Waals surface area contributed by atoms with E-state index >= 15 is 0 Å². The van der Waals surface area contributed by atoms with Crippen LogP contribution in [0.2, 0.25) is 0 Å². The van der Waals surface area contributed by atoms with Crippen molar-refractivity contribution in [2.24, 2.45) is 0 Å². The van der Waals surface area contributed by atoms with Gasteiger partial charge in [0.05, 0.1) is 25.5 Å². The van der Waals surface area contributed by atoms with Gasteiger partial charge in [-0.15, -0.1) is 0 Å². The van der Waals surface area contributed by atoms with Gasteiger partial charge in [-0.3, -0.25) is 4.79 Å². The van der Waals surface area contributed by atoms with Crippen molar-refractivity contribution < 1.29 is 27.0 Å². The third-order valence-corrected chi connectivity index (χ3v) is 5.45. The summed E-state index contributed by atoms with van der Waals surface area (Å²) in [5.41, 5.74) is -0.509. The summed E-state index contributed by atoms with van der Waals surface area (Å²) < 4.78 is 67.1. The van der Waals surface area contributed by atoms with Crippen LogP contribution in [0.1, 0.15) is 23.2 Å². The van der Waals surface area contributed by atoms with E-state index in [0.29, 0.717) is 53.8 Å². The maximum Gasteiger partial charge on any atom is 0.417 e. The van der Waals surface area contributed by atoms with Gasteiger partial charge in [0, 0.05) is 46.8 Å². The first-order valence-electron chi connectivity index (χ1n) is 9.61. The minimum absolute atomic E-state index is 0.200. The summed E-state index contributed by atoms with van der Waals surface area (Å²) in [5, 5.41) is 0. The molecule has 1 heterocycles. The normalized spacial score (nSPS) is 13.2. The van der Waals surface area contributed by atoms with Crippen LogP contribution >= 0.6 is 0 Å². The molecule has 0 fully saturated rings. The maximum absolute atomic E-state index is 13.9. The highest BCUT2D eigenvalue weighted by Crippen LogP contribution is 2.38. The molecule has 4 nitrogen and oxygen atoms in total. The third kappa shape index (κ3) is 3.78. The Morgan fingerprint density at radius 1 is 0.935 bits per heavy atom. The van der Waals surface area contributed by atoms with Crippen LogP contribution in [0.15, 0.2) is 47.4 Å². The second kappa shape index (κ2) is 7.76. The summed E-state index contributed by atoms with van der Waals surface area (Å²) in [4.78, 5) is 13.1. The third-order valence-electron chi connectivity index (χ3n) is 5.45. The topological polar surface area (TPSA) is 40.5 Å². The molecular formula is C23H19F4NO3. The van der Waals surface area contributed by atoms with E-state index in [1.807, 2.05) is 0 Å². The van der Waals surface area contributed by atoms with E-state index in [1.165, 1.54) is 20.4 Å². The first-order chi connectivity index (χ1) is 14.7. The molecule has 3 aromatic rings. The number of pyridine rings is 1. The molecule has 1 aliphatic carbocycles. The van der Waals surface area contributed by atoms with Crippen molar-refractivity contribution in [3.8, 4) is 28.3 Å². The Kier molecular flexibility index (Phi) is 5.24. The monoisotopic (exact) mass is 433 g/mol. The minimum atomic E-state index is -4.74. The molecule has 0 saturated carbocycles. The lowest BCUT2D eigenvalue weighted by Crippen LogP contribution is -2.19. The molecule has 0 unspecified atom stereocenters. The number of hydrogen-bond acceptors (Lipinski definition) is 3. The van der Waals surface area contributed by atoms with Gasteiger partial charge in [0.25, 0.3) is 0 Å². The van der Waals surface area contributed by atoms with Crippen LogP contribution in [0.4, 0.5) is 17.6 Å². The lowest BCUT2D eigenvalue weighted by atomic mass is 9.97. The molecule has 1 aliphatic rings. The molecule has 1 aromatic heterocycles. The predicted molar refractivity (Wildman–Crippen MR) is 108 cm³/mol. The van der Waals surface area contributed by atoms with E-state index in [-0.39, 0.29) is 5.56 Å². The number of fused-ring (bicyclic) bond motifs is 1. The molecule has 0 saturated heterocycles. The molecule has 0 radical (unpaired) electrons. The van der Waals surface area contributed by atoms with Crippen LogP contribution in [-0.4, -0.2) is 18.8 Å². The first-order valence-corrected chi connectivity index (χ1v) is 9.61. The Bertz CT molecular complexity index is 1190. The largest absolute Gasteiger partial charge is 0.497 e.